The number of hydrogen-bond acceptors (Lipinski definition) is 4. The van der Waals surface area contributed by atoms with Crippen molar-refractivity contribution in [2.45, 2.75) is 13.5 Å². The van der Waals surface area contributed by atoms with Crippen LogP contribution >= 0.6 is 0 Å². The van der Waals surface area contributed by atoms with E-state index in [0.29, 0.717) is 26.2 Å². The Kier molecular flexibility index (Phi) is 7.39. The molecule has 0 bridgehead atoms. The lowest BCUT2D eigenvalue weighted by molar-refractivity contribution is 0.217. The monoisotopic (exact) mass is 295 g/mol. The minimum Gasteiger partial charge on any atom is -0.493 e. The van der Waals surface area contributed by atoms with E-state index in [0.717, 1.165) is 17.1 Å². The molecule has 0 aliphatic rings. The van der Waals surface area contributed by atoms with Crippen LogP contribution < -0.4 is 20.1 Å². The summed E-state index contributed by atoms with van der Waals surface area (Å²) in [7, 11) is 5.06. The van der Waals surface area contributed by atoms with Gasteiger partial charge in [-0.2, -0.15) is 0 Å². The molecule has 6 nitrogen and oxygen atoms in total. The zero-order valence-corrected chi connectivity index (χ0v) is 13.2. The number of methoxy groups -OCH3 is 1. The molecule has 0 saturated carbocycles. The minimum absolute atomic E-state index is 0.0834. The zero-order chi connectivity index (χ0) is 15.7. The number of nitrogens with one attached hydrogen (secondary N) is 2. The zero-order valence-electron chi connectivity index (χ0n) is 13.2. The first-order valence-electron chi connectivity index (χ1n) is 7.04. The highest BCUT2D eigenvalue weighted by Gasteiger charge is 2.05. The molecule has 118 valence electrons. The molecular formula is C15H25N3O3. The number of rotatable bonds is 8. The molecule has 0 saturated heterocycles. The molecule has 0 unspecified atom stereocenters. The van der Waals surface area contributed by atoms with Crippen LogP contribution in [0.5, 0.6) is 11.5 Å². The summed E-state index contributed by atoms with van der Waals surface area (Å²) in [6.45, 7) is 4.55. The van der Waals surface area contributed by atoms with E-state index in [9.17, 15) is 4.79 Å². The van der Waals surface area contributed by atoms with Crippen molar-refractivity contribution < 1.29 is 14.3 Å². The van der Waals surface area contributed by atoms with Gasteiger partial charge >= 0.3 is 6.03 Å². The van der Waals surface area contributed by atoms with Crippen molar-refractivity contribution in [1.82, 2.24) is 15.5 Å². The van der Waals surface area contributed by atoms with Crippen LogP contribution in [0.4, 0.5) is 4.79 Å². The number of nitrogens with zero attached hydrogens (tertiary/aromatic N) is 1. The van der Waals surface area contributed by atoms with Crippen LogP contribution in [-0.2, 0) is 6.54 Å². The number of carbonyl (C=O) groups is 1. The molecule has 1 rings (SSSR count). The van der Waals surface area contributed by atoms with Gasteiger partial charge in [0.1, 0.15) is 0 Å². The van der Waals surface area contributed by atoms with Gasteiger partial charge in [0, 0.05) is 33.7 Å². The van der Waals surface area contributed by atoms with Crippen molar-refractivity contribution in [2.75, 3.05) is 40.9 Å². The Labute approximate surface area is 126 Å². The molecule has 0 aromatic heterocycles. The molecule has 1 aromatic rings. The molecule has 0 heterocycles. The predicted octanol–water partition coefficient (Wildman–Crippen LogP) is 1.45. The Hall–Kier alpha value is -1.95. The van der Waals surface area contributed by atoms with Crippen molar-refractivity contribution in [3.8, 4) is 11.5 Å². The van der Waals surface area contributed by atoms with Crippen molar-refractivity contribution in [2.24, 2.45) is 0 Å². The SMILES string of the molecule is CCOc1cc(CNCCNC(=O)N(C)C)ccc1OC. The Bertz CT molecular complexity index is 450. The lowest BCUT2D eigenvalue weighted by Gasteiger charge is -2.13. The Balaban J connectivity index is 2.38. The van der Waals surface area contributed by atoms with Crippen LogP contribution in [0.15, 0.2) is 18.2 Å². The van der Waals surface area contributed by atoms with Gasteiger partial charge < -0.3 is 25.0 Å². The Morgan fingerprint density at radius 2 is 2.00 bits per heavy atom. The molecule has 0 spiro atoms. The quantitative estimate of drug-likeness (QED) is 0.713. The molecule has 0 aliphatic heterocycles. The van der Waals surface area contributed by atoms with Gasteiger partial charge in [0.05, 0.1) is 13.7 Å². The molecule has 0 atom stereocenters. The van der Waals surface area contributed by atoms with E-state index < -0.39 is 0 Å². The summed E-state index contributed by atoms with van der Waals surface area (Å²) in [4.78, 5) is 12.8. The van der Waals surface area contributed by atoms with E-state index >= 15 is 0 Å². The van der Waals surface area contributed by atoms with E-state index in [2.05, 4.69) is 10.6 Å². The van der Waals surface area contributed by atoms with Gasteiger partial charge in [-0.05, 0) is 24.6 Å². The van der Waals surface area contributed by atoms with Crippen molar-refractivity contribution >= 4 is 6.03 Å². The molecule has 21 heavy (non-hydrogen) atoms. The molecule has 1 aromatic carbocycles. The molecule has 0 aliphatic carbocycles. The normalized spacial score (nSPS) is 10.1. The van der Waals surface area contributed by atoms with Gasteiger partial charge in [0.25, 0.3) is 0 Å². The average Bonchev–Trinajstić information content (AvgIpc) is 2.47. The second-order valence-corrected chi connectivity index (χ2v) is 4.72. The van der Waals surface area contributed by atoms with E-state index in [1.165, 1.54) is 4.90 Å². The lowest BCUT2D eigenvalue weighted by Crippen LogP contribution is -2.38. The van der Waals surface area contributed by atoms with E-state index in [1.54, 1.807) is 21.2 Å². The lowest BCUT2D eigenvalue weighted by atomic mass is 10.2. The van der Waals surface area contributed by atoms with Gasteiger partial charge in [-0.25, -0.2) is 4.79 Å². The van der Waals surface area contributed by atoms with Crippen molar-refractivity contribution in [3.63, 3.8) is 0 Å². The summed E-state index contributed by atoms with van der Waals surface area (Å²) in [6.07, 6.45) is 0. The van der Waals surface area contributed by atoms with Crippen LogP contribution in [0.3, 0.4) is 0 Å². The number of amides is 2. The predicted molar refractivity (Wildman–Crippen MR) is 83.0 cm³/mol. The number of ether oxygens (including phenoxy) is 2. The summed E-state index contributed by atoms with van der Waals surface area (Å²) in [5.74, 6) is 1.49. The summed E-state index contributed by atoms with van der Waals surface area (Å²) < 4.78 is 10.8. The van der Waals surface area contributed by atoms with Gasteiger partial charge in [0.2, 0.25) is 0 Å². The third-order valence-corrected chi connectivity index (χ3v) is 2.84. The highest BCUT2D eigenvalue weighted by atomic mass is 16.5. The van der Waals surface area contributed by atoms with E-state index in [-0.39, 0.29) is 6.03 Å². The first-order chi connectivity index (χ1) is 10.1. The van der Waals surface area contributed by atoms with Gasteiger partial charge in [-0.1, -0.05) is 6.07 Å². The molecular weight excluding hydrogens is 270 g/mol. The van der Waals surface area contributed by atoms with Crippen LogP contribution in [0.25, 0.3) is 0 Å². The molecule has 2 amide bonds. The van der Waals surface area contributed by atoms with E-state index in [1.807, 2.05) is 25.1 Å². The number of benzene rings is 1. The largest absolute Gasteiger partial charge is 0.493 e. The van der Waals surface area contributed by atoms with Crippen LogP contribution in [0.2, 0.25) is 0 Å². The maximum absolute atomic E-state index is 11.3. The Morgan fingerprint density at radius 3 is 2.62 bits per heavy atom. The summed E-state index contributed by atoms with van der Waals surface area (Å²) in [5, 5.41) is 6.07. The minimum atomic E-state index is -0.0834. The fourth-order valence-corrected chi connectivity index (χ4v) is 1.75. The molecule has 6 heteroatoms. The van der Waals surface area contributed by atoms with Gasteiger partial charge in [0.15, 0.2) is 11.5 Å². The second kappa shape index (κ2) is 9.07. The van der Waals surface area contributed by atoms with Crippen molar-refractivity contribution in [3.05, 3.63) is 23.8 Å². The number of urea groups is 1. The van der Waals surface area contributed by atoms with Crippen LogP contribution in [0.1, 0.15) is 12.5 Å². The standard InChI is InChI=1S/C15H25N3O3/c1-5-21-14-10-12(6-7-13(14)20-4)11-16-8-9-17-15(19)18(2)3/h6-7,10,16H,5,8-9,11H2,1-4H3,(H,17,19). The second-order valence-electron chi connectivity index (χ2n) is 4.72. The topological polar surface area (TPSA) is 62.8 Å². The molecule has 2 N–H and O–H groups in total. The number of carbonyl (C=O) groups excluding carboxylic acids is 1. The highest BCUT2D eigenvalue weighted by molar-refractivity contribution is 5.73. The highest BCUT2D eigenvalue weighted by Crippen LogP contribution is 2.27. The smallest absolute Gasteiger partial charge is 0.316 e. The maximum atomic E-state index is 11.3. The summed E-state index contributed by atoms with van der Waals surface area (Å²) in [6, 6.07) is 5.77. The fraction of sp³-hybridized carbons (Fsp3) is 0.533. The first-order valence-corrected chi connectivity index (χ1v) is 7.04. The average molecular weight is 295 g/mol. The van der Waals surface area contributed by atoms with Gasteiger partial charge in [-0.3, -0.25) is 0 Å². The Morgan fingerprint density at radius 1 is 1.24 bits per heavy atom. The summed E-state index contributed by atoms with van der Waals surface area (Å²) >= 11 is 0. The van der Waals surface area contributed by atoms with Crippen molar-refractivity contribution in [1.29, 1.82) is 0 Å². The third-order valence-electron chi connectivity index (χ3n) is 2.84. The number of hydrogen-bond donors (Lipinski definition) is 2. The maximum Gasteiger partial charge on any atom is 0.316 e. The van der Waals surface area contributed by atoms with Crippen LogP contribution in [-0.4, -0.2) is 51.8 Å². The van der Waals surface area contributed by atoms with Gasteiger partial charge in [-0.15, -0.1) is 0 Å². The fourth-order valence-electron chi connectivity index (χ4n) is 1.75. The van der Waals surface area contributed by atoms with Crippen LogP contribution in [0, 0.1) is 0 Å². The third kappa shape index (κ3) is 5.91. The molecule has 0 radical (unpaired) electrons. The molecule has 0 fully saturated rings. The summed E-state index contributed by atoms with van der Waals surface area (Å²) in [5.41, 5.74) is 1.11. The first kappa shape index (κ1) is 17.1. The van der Waals surface area contributed by atoms with E-state index in [4.69, 9.17) is 9.47 Å².